The summed E-state index contributed by atoms with van der Waals surface area (Å²) in [5.74, 6) is 0.866. The van der Waals surface area contributed by atoms with Crippen molar-refractivity contribution in [3.8, 4) is 0 Å². The average molecular weight is 394 g/mol. The van der Waals surface area contributed by atoms with Crippen LogP contribution in [-0.4, -0.2) is 75.6 Å². The van der Waals surface area contributed by atoms with Crippen LogP contribution in [0.15, 0.2) is 23.6 Å². The quantitative estimate of drug-likeness (QED) is 0.549. The summed E-state index contributed by atoms with van der Waals surface area (Å²) in [6.45, 7) is 4.90. The molecule has 0 aromatic carbocycles. The molecular weight excluding hydrogens is 358 g/mol. The van der Waals surface area contributed by atoms with Crippen LogP contribution in [0.1, 0.15) is 39.0 Å². The van der Waals surface area contributed by atoms with E-state index in [1.165, 1.54) is 0 Å². The van der Waals surface area contributed by atoms with Crippen molar-refractivity contribution in [3.05, 3.63) is 23.6 Å². The lowest BCUT2D eigenvalue weighted by Crippen LogP contribution is -2.53. The van der Waals surface area contributed by atoms with Crippen molar-refractivity contribution >= 4 is 5.91 Å². The van der Waals surface area contributed by atoms with Gasteiger partial charge in [-0.1, -0.05) is 6.08 Å². The molecule has 2 heterocycles. The smallest absolute Gasteiger partial charge is 0.253 e. The molecule has 3 atom stereocenters. The number of dihydropyridines is 1. The van der Waals surface area contributed by atoms with E-state index in [2.05, 4.69) is 23.6 Å². The molecule has 3 rings (SSSR count). The highest BCUT2D eigenvalue weighted by molar-refractivity contribution is 5.82. The molecule has 0 aromatic rings. The summed E-state index contributed by atoms with van der Waals surface area (Å²) in [4.78, 5) is 15.2. The maximum Gasteiger partial charge on any atom is 0.253 e. The van der Waals surface area contributed by atoms with Gasteiger partial charge >= 0.3 is 0 Å². The van der Waals surface area contributed by atoms with E-state index in [0.717, 1.165) is 56.7 Å². The molecule has 7 heteroatoms. The topological polar surface area (TPSA) is 72.1 Å². The maximum absolute atomic E-state index is 13.2. The monoisotopic (exact) mass is 393 g/mol. The van der Waals surface area contributed by atoms with Gasteiger partial charge < -0.3 is 29.7 Å². The van der Waals surface area contributed by atoms with Crippen molar-refractivity contribution in [1.82, 2.24) is 15.5 Å². The number of rotatable bonds is 10. The van der Waals surface area contributed by atoms with Crippen LogP contribution in [0.4, 0.5) is 0 Å². The molecule has 1 amide bonds. The molecule has 1 aliphatic carbocycles. The number of ether oxygens (including phenoxy) is 3. The van der Waals surface area contributed by atoms with Crippen molar-refractivity contribution in [3.63, 3.8) is 0 Å². The second kappa shape index (κ2) is 10.3. The highest BCUT2D eigenvalue weighted by Crippen LogP contribution is 2.33. The Hall–Kier alpha value is -1.57. The van der Waals surface area contributed by atoms with Gasteiger partial charge in [-0.15, -0.1) is 0 Å². The summed E-state index contributed by atoms with van der Waals surface area (Å²) in [6.07, 6.45) is 9.17. The summed E-state index contributed by atoms with van der Waals surface area (Å²) >= 11 is 0. The van der Waals surface area contributed by atoms with Gasteiger partial charge in [0.05, 0.1) is 19.8 Å². The van der Waals surface area contributed by atoms with Crippen molar-refractivity contribution in [2.75, 3.05) is 40.5 Å². The Balaban J connectivity index is 1.70. The SMILES string of the molecule is COCCCCC1C=C([C@@H](C)N(C(=O)[C@H]2CNCCO2)C2CC2)C=C(OC)N1. The molecule has 1 saturated carbocycles. The molecule has 0 spiro atoms. The van der Waals surface area contributed by atoms with E-state index in [9.17, 15) is 4.79 Å². The number of hydrogen-bond acceptors (Lipinski definition) is 6. The van der Waals surface area contributed by atoms with Gasteiger partial charge in [0, 0.05) is 45.0 Å². The number of amides is 1. The zero-order chi connectivity index (χ0) is 19.9. The molecular formula is C21H35N3O4. The standard InChI is InChI=1S/C21H35N3O4/c1-15(24(18-7-8-18)21(25)19-14-22-9-11-28-19)16-12-17(6-4-5-10-26-2)23-20(13-16)27-3/h12-13,15,17-19,22-23H,4-11,14H2,1-3H3/t15-,17?,19-/m1/s1. The molecule has 158 valence electrons. The summed E-state index contributed by atoms with van der Waals surface area (Å²) in [5, 5.41) is 6.69. The van der Waals surface area contributed by atoms with Crippen LogP contribution < -0.4 is 10.6 Å². The van der Waals surface area contributed by atoms with Crippen LogP contribution in [-0.2, 0) is 19.0 Å². The molecule has 0 radical (unpaired) electrons. The van der Waals surface area contributed by atoms with Crippen LogP contribution >= 0.6 is 0 Å². The second-order valence-electron chi connectivity index (χ2n) is 7.84. The molecule has 0 bridgehead atoms. The van der Waals surface area contributed by atoms with E-state index >= 15 is 0 Å². The number of unbranched alkanes of at least 4 members (excludes halogenated alkanes) is 1. The zero-order valence-electron chi connectivity index (χ0n) is 17.4. The van der Waals surface area contributed by atoms with Gasteiger partial charge in [0.1, 0.15) is 6.10 Å². The number of carbonyl (C=O) groups is 1. The number of morpholine rings is 1. The van der Waals surface area contributed by atoms with Gasteiger partial charge in [-0.25, -0.2) is 0 Å². The average Bonchev–Trinajstić information content (AvgIpc) is 3.56. The first-order valence-electron chi connectivity index (χ1n) is 10.5. The van der Waals surface area contributed by atoms with Crippen LogP contribution in [0.5, 0.6) is 0 Å². The Morgan fingerprint density at radius 3 is 2.82 bits per heavy atom. The van der Waals surface area contributed by atoms with Gasteiger partial charge in [-0.05, 0) is 44.6 Å². The molecule has 7 nitrogen and oxygen atoms in total. The molecule has 1 saturated heterocycles. The number of hydrogen-bond donors (Lipinski definition) is 2. The Morgan fingerprint density at radius 2 is 2.18 bits per heavy atom. The largest absolute Gasteiger partial charge is 0.482 e. The maximum atomic E-state index is 13.2. The van der Waals surface area contributed by atoms with E-state index in [1.54, 1.807) is 14.2 Å². The van der Waals surface area contributed by atoms with E-state index in [4.69, 9.17) is 14.2 Å². The summed E-state index contributed by atoms with van der Waals surface area (Å²) in [7, 11) is 3.42. The number of carbonyl (C=O) groups excluding carboxylic acids is 1. The van der Waals surface area contributed by atoms with Crippen molar-refractivity contribution in [2.24, 2.45) is 0 Å². The highest BCUT2D eigenvalue weighted by atomic mass is 16.5. The van der Waals surface area contributed by atoms with Gasteiger partial charge in [-0.2, -0.15) is 0 Å². The first-order chi connectivity index (χ1) is 13.6. The minimum Gasteiger partial charge on any atom is -0.482 e. The minimum absolute atomic E-state index is 0.000693. The van der Waals surface area contributed by atoms with E-state index in [-0.39, 0.29) is 24.1 Å². The second-order valence-corrected chi connectivity index (χ2v) is 7.84. The molecule has 2 N–H and O–H groups in total. The molecule has 0 aromatic heterocycles. The predicted molar refractivity (Wildman–Crippen MR) is 108 cm³/mol. The zero-order valence-corrected chi connectivity index (χ0v) is 17.4. The molecule has 1 unspecified atom stereocenters. The van der Waals surface area contributed by atoms with Gasteiger partial charge in [0.2, 0.25) is 0 Å². The first kappa shape index (κ1) is 21.1. The molecule has 2 aliphatic heterocycles. The normalized spacial score (nSPS) is 26.0. The third-order valence-corrected chi connectivity index (χ3v) is 5.65. The van der Waals surface area contributed by atoms with Crippen LogP contribution in [0, 0.1) is 0 Å². The van der Waals surface area contributed by atoms with Crippen molar-refractivity contribution in [1.29, 1.82) is 0 Å². The lowest BCUT2D eigenvalue weighted by atomic mass is 9.97. The first-order valence-corrected chi connectivity index (χ1v) is 10.5. The number of methoxy groups -OCH3 is 2. The van der Waals surface area contributed by atoms with Crippen LogP contribution in [0.25, 0.3) is 0 Å². The van der Waals surface area contributed by atoms with Gasteiger partial charge in [0.25, 0.3) is 5.91 Å². The minimum atomic E-state index is -0.380. The van der Waals surface area contributed by atoms with E-state index in [0.29, 0.717) is 19.2 Å². The predicted octanol–water partition coefficient (Wildman–Crippen LogP) is 1.56. The van der Waals surface area contributed by atoms with Crippen LogP contribution in [0.2, 0.25) is 0 Å². The number of nitrogens with one attached hydrogen (secondary N) is 2. The molecule has 3 aliphatic rings. The lowest BCUT2D eigenvalue weighted by molar-refractivity contribution is -0.147. The van der Waals surface area contributed by atoms with E-state index < -0.39 is 0 Å². The summed E-state index contributed by atoms with van der Waals surface area (Å²) in [6, 6.07) is 0.528. The summed E-state index contributed by atoms with van der Waals surface area (Å²) in [5.41, 5.74) is 1.14. The fourth-order valence-corrected chi connectivity index (χ4v) is 3.93. The Labute approximate surface area is 168 Å². The van der Waals surface area contributed by atoms with Gasteiger partial charge in [-0.3, -0.25) is 4.79 Å². The Morgan fingerprint density at radius 1 is 1.36 bits per heavy atom. The molecule has 2 fully saturated rings. The number of nitrogens with zero attached hydrogens (tertiary/aromatic N) is 1. The highest BCUT2D eigenvalue weighted by Gasteiger charge is 2.40. The van der Waals surface area contributed by atoms with Gasteiger partial charge in [0.15, 0.2) is 5.88 Å². The third kappa shape index (κ3) is 5.49. The third-order valence-electron chi connectivity index (χ3n) is 5.65. The van der Waals surface area contributed by atoms with Crippen LogP contribution in [0.3, 0.4) is 0 Å². The fraction of sp³-hybridized carbons (Fsp3) is 0.762. The molecule has 28 heavy (non-hydrogen) atoms. The summed E-state index contributed by atoms with van der Waals surface area (Å²) < 4.78 is 16.4. The van der Waals surface area contributed by atoms with Crippen molar-refractivity contribution < 1.29 is 19.0 Å². The Kier molecular flexibility index (Phi) is 7.76. The fourth-order valence-electron chi connectivity index (χ4n) is 3.93. The Bertz CT molecular complexity index is 582. The van der Waals surface area contributed by atoms with E-state index in [1.807, 2.05) is 11.0 Å². The van der Waals surface area contributed by atoms with Crippen molar-refractivity contribution in [2.45, 2.75) is 63.3 Å². The lowest BCUT2D eigenvalue weighted by Gasteiger charge is -2.36.